The SMILES string of the molecule is CCCC[C@@H](C(=O)NC(C)(C)C)N(C(=O)Cn1nnc(-c2ccc(OC)c(OC)c2)n1)C1CCCC1. The van der Waals surface area contributed by atoms with E-state index in [1.165, 1.54) is 4.80 Å². The highest BCUT2D eigenvalue weighted by atomic mass is 16.5. The minimum atomic E-state index is -0.520. The van der Waals surface area contributed by atoms with Gasteiger partial charge in [-0.15, -0.1) is 10.2 Å². The molecule has 1 aliphatic rings. The van der Waals surface area contributed by atoms with Crippen LogP contribution in [0.2, 0.25) is 0 Å². The standard InChI is InChI=1S/C26H40N6O4/c1-7-8-13-20(25(34)27-26(2,3)4)32(19-11-9-10-12-19)23(33)17-31-29-24(28-30-31)18-14-15-21(35-5)22(16-18)36-6/h14-16,19-20H,7-13,17H2,1-6H3,(H,27,34)/t20-/m0/s1. The van der Waals surface area contributed by atoms with Crippen molar-refractivity contribution < 1.29 is 19.1 Å². The Morgan fingerprint density at radius 3 is 2.47 bits per heavy atom. The maximum atomic E-state index is 13.7. The van der Waals surface area contributed by atoms with Gasteiger partial charge in [0, 0.05) is 17.1 Å². The summed E-state index contributed by atoms with van der Waals surface area (Å²) in [6.07, 6.45) is 6.36. The smallest absolute Gasteiger partial charge is 0.247 e. The number of rotatable bonds is 11. The number of tetrazole rings is 1. The highest BCUT2D eigenvalue weighted by Gasteiger charge is 2.37. The summed E-state index contributed by atoms with van der Waals surface area (Å²) in [7, 11) is 3.14. The number of hydrogen-bond acceptors (Lipinski definition) is 7. The number of ether oxygens (including phenoxy) is 2. The van der Waals surface area contributed by atoms with Gasteiger partial charge in [-0.25, -0.2) is 0 Å². The molecule has 10 nitrogen and oxygen atoms in total. The average Bonchev–Trinajstić information content (AvgIpc) is 3.52. The molecule has 1 fully saturated rings. The topological polar surface area (TPSA) is 111 Å². The van der Waals surface area contributed by atoms with Crippen molar-refractivity contribution in [1.29, 1.82) is 0 Å². The van der Waals surface area contributed by atoms with E-state index >= 15 is 0 Å². The second kappa shape index (κ2) is 12.2. The first-order chi connectivity index (χ1) is 17.2. The van der Waals surface area contributed by atoms with Crippen molar-refractivity contribution in [3.8, 4) is 22.9 Å². The van der Waals surface area contributed by atoms with Crippen LogP contribution in [0.1, 0.15) is 72.6 Å². The number of hydrogen-bond donors (Lipinski definition) is 1. The molecule has 36 heavy (non-hydrogen) atoms. The highest BCUT2D eigenvalue weighted by molar-refractivity contribution is 5.88. The van der Waals surface area contributed by atoms with E-state index in [4.69, 9.17) is 9.47 Å². The Bertz CT molecular complexity index is 1030. The van der Waals surface area contributed by atoms with Gasteiger partial charge in [-0.3, -0.25) is 9.59 Å². The molecule has 2 aromatic rings. The molecule has 198 valence electrons. The first kappa shape index (κ1) is 27.4. The molecular formula is C26H40N6O4. The molecule has 0 spiro atoms. The third kappa shape index (κ3) is 6.95. The first-order valence-electron chi connectivity index (χ1n) is 12.8. The number of unbranched alkanes of at least 4 members (excludes halogenated alkanes) is 1. The van der Waals surface area contributed by atoms with Crippen LogP contribution in [0.5, 0.6) is 11.5 Å². The monoisotopic (exact) mass is 500 g/mol. The fourth-order valence-electron chi connectivity index (χ4n) is 4.66. The lowest BCUT2D eigenvalue weighted by molar-refractivity contribution is -0.145. The zero-order chi connectivity index (χ0) is 26.3. The van der Waals surface area contributed by atoms with E-state index in [-0.39, 0.29) is 29.9 Å². The average molecular weight is 501 g/mol. The molecule has 0 aliphatic heterocycles. The van der Waals surface area contributed by atoms with Crippen LogP contribution in [0.3, 0.4) is 0 Å². The molecule has 3 rings (SSSR count). The molecule has 1 aliphatic carbocycles. The van der Waals surface area contributed by atoms with Gasteiger partial charge in [0.15, 0.2) is 11.5 Å². The lowest BCUT2D eigenvalue weighted by Gasteiger charge is -2.37. The quantitative estimate of drug-likeness (QED) is 0.502. The summed E-state index contributed by atoms with van der Waals surface area (Å²) >= 11 is 0. The predicted octanol–water partition coefficient (Wildman–Crippen LogP) is 3.60. The van der Waals surface area contributed by atoms with E-state index in [1.54, 1.807) is 26.4 Å². The largest absolute Gasteiger partial charge is 0.493 e. The fraction of sp³-hybridized carbons (Fsp3) is 0.654. The third-order valence-electron chi connectivity index (χ3n) is 6.35. The van der Waals surface area contributed by atoms with Gasteiger partial charge in [-0.2, -0.15) is 4.80 Å². The molecule has 0 radical (unpaired) electrons. The van der Waals surface area contributed by atoms with E-state index in [0.717, 1.165) is 38.5 Å². The van der Waals surface area contributed by atoms with Crippen molar-refractivity contribution in [1.82, 2.24) is 30.4 Å². The first-order valence-corrected chi connectivity index (χ1v) is 12.8. The molecule has 0 unspecified atom stereocenters. The predicted molar refractivity (Wildman–Crippen MR) is 137 cm³/mol. The Morgan fingerprint density at radius 2 is 1.86 bits per heavy atom. The number of carbonyl (C=O) groups excluding carboxylic acids is 2. The number of benzene rings is 1. The van der Waals surface area contributed by atoms with Crippen molar-refractivity contribution >= 4 is 11.8 Å². The molecule has 1 saturated carbocycles. The van der Waals surface area contributed by atoms with Gasteiger partial charge in [0.1, 0.15) is 12.6 Å². The molecule has 1 atom stereocenters. The van der Waals surface area contributed by atoms with E-state index in [1.807, 2.05) is 31.7 Å². The second-order valence-electron chi connectivity index (χ2n) is 10.3. The number of nitrogens with zero attached hydrogens (tertiary/aromatic N) is 5. The number of amides is 2. The second-order valence-corrected chi connectivity index (χ2v) is 10.3. The van der Waals surface area contributed by atoms with Gasteiger partial charge in [-0.05, 0) is 63.4 Å². The normalized spacial score (nSPS) is 14.9. The third-order valence-corrected chi connectivity index (χ3v) is 6.35. The van der Waals surface area contributed by atoms with Crippen molar-refractivity contribution in [2.45, 2.75) is 96.8 Å². The lowest BCUT2D eigenvalue weighted by Crippen LogP contribution is -2.57. The Hall–Kier alpha value is -3.17. The lowest BCUT2D eigenvalue weighted by atomic mass is 10.0. The van der Waals surface area contributed by atoms with E-state index in [0.29, 0.717) is 29.3 Å². The van der Waals surface area contributed by atoms with Gasteiger partial charge in [0.2, 0.25) is 17.6 Å². The van der Waals surface area contributed by atoms with Crippen LogP contribution in [-0.2, 0) is 16.1 Å². The molecule has 2 amide bonds. The minimum Gasteiger partial charge on any atom is -0.493 e. The maximum Gasteiger partial charge on any atom is 0.247 e. The highest BCUT2D eigenvalue weighted by Crippen LogP contribution is 2.31. The van der Waals surface area contributed by atoms with Crippen molar-refractivity contribution in [3.63, 3.8) is 0 Å². The van der Waals surface area contributed by atoms with Gasteiger partial charge >= 0.3 is 0 Å². The zero-order valence-corrected chi connectivity index (χ0v) is 22.4. The molecule has 1 aromatic carbocycles. The zero-order valence-electron chi connectivity index (χ0n) is 22.4. The van der Waals surface area contributed by atoms with E-state index in [9.17, 15) is 9.59 Å². The van der Waals surface area contributed by atoms with Crippen LogP contribution in [0.25, 0.3) is 11.4 Å². The number of aromatic nitrogens is 4. The van der Waals surface area contributed by atoms with Crippen LogP contribution in [-0.4, -0.2) is 68.8 Å². The number of carbonyl (C=O) groups is 2. The van der Waals surface area contributed by atoms with Gasteiger partial charge in [0.25, 0.3) is 0 Å². The summed E-state index contributed by atoms with van der Waals surface area (Å²) in [5.74, 6) is 1.27. The Morgan fingerprint density at radius 1 is 1.17 bits per heavy atom. The molecule has 0 saturated heterocycles. The number of methoxy groups -OCH3 is 2. The van der Waals surface area contributed by atoms with Crippen molar-refractivity contribution in [3.05, 3.63) is 18.2 Å². The fourth-order valence-corrected chi connectivity index (χ4v) is 4.66. The van der Waals surface area contributed by atoms with E-state index < -0.39 is 6.04 Å². The number of nitrogens with one attached hydrogen (secondary N) is 1. The summed E-state index contributed by atoms with van der Waals surface area (Å²) < 4.78 is 10.7. The Kier molecular flexibility index (Phi) is 9.28. The Labute approximate surface area is 213 Å². The summed E-state index contributed by atoms with van der Waals surface area (Å²) in [6.45, 7) is 7.88. The molecule has 1 N–H and O–H groups in total. The van der Waals surface area contributed by atoms with E-state index in [2.05, 4.69) is 27.7 Å². The van der Waals surface area contributed by atoms with Crippen molar-refractivity contribution in [2.75, 3.05) is 14.2 Å². The summed E-state index contributed by atoms with van der Waals surface area (Å²) in [5.41, 5.74) is 0.317. The van der Waals surface area contributed by atoms with Crippen LogP contribution < -0.4 is 14.8 Å². The van der Waals surface area contributed by atoms with Crippen LogP contribution in [0.4, 0.5) is 0 Å². The minimum absolute atomic E-state index is 0.0407. The van der Waals surface area contributed by atoms with Crippen molar-refractivity contribution in [2.24, 2.45) is 0 Å². The molecule has 1 aromatic heterocycles. The van der Waals surface area contributed by atoms with Crippen LogP contribution >= 0.6 is 0 Å². The molecule has 0 bridgehead atoms. The Balaban J connectivity index is 1.84. The van der Waals surface area contributed by atoms with Gasteiger partial charge in [0.05, 0.1) is 14.2 Å². The van der Waals surface area contributed by atoms with Crippen LogP contribution in [0.15, 0.2) is 18.2 Å². The van der Waals surface area contributed by atoms with Gasteiger partial charge < -0.3 is 19.7 Å². The van der Waals surface area contributed by atoms with Gasteiger partial charge in [-0.1, -0.05) is 32.6 Å². The summed E-state index contributed by atoms with van der Waals surface area (Å²) in [4.78, 5) is 30.1. The molecule has 1 heterocycles. The summed E-state index contributed by atoms with van der Waals surface area (Å²) in [5, 5.41) is 15.8. The molecule has 10 heteroatoms. The molecular weight excluding hydrogens is 460 g/mol. The van der Waals surface area contributed by atoms with Crippen LogP contribution in [0, 0.1) is 0 Å². The summed E-state index contributed by atoms with van der Waals surface area (Å²) in [6, 6.07) is 4.87. The maximum absolute atomic E-state index is 13.7.